The summed E-state index contributed by atoms with van der Waals surface area (Å²) in [7, 11) is 0. The Bertz CT molecular complexity index is 673. The molecule has 1 amide bonds. The molecule has 35 heavy (non-hydrogen) atoms. The molecule has 1 rings (SSSR count). The largest absolute Gasteiger partial charge is 0.462 e. The van der Waals surface area contributed by atoms with Crippen molar-refractivity contribution < 1.29 is 28.0 Å². The molecule has 0 radical (unpaired) electrons. The monoisotopic (exact) mass is 498 g/mol. The van der Waals surface area contributed by atoms with Gasteiger partial charge in [-0.1, -0.05) is 105 Å². The van der Waals surface area contributed by atoms with E-state index < -0.39 is 36.8 Å². The Morgan fingerprint density at radius 2 is 1.60 bits per heavy atom. The number of ether oxygens (including phenoxy) is 2. The van der Waals surface area contributed by atoms with Crippen LogP contribution in [-0.2, 0) is 23.9 Å². The van der Waals surface area contributed by atoms with Gasteiger partial charge in [0.05, 0.1) is 5.92 Å². The first-order valence-electron chi connectivity index (χ1n) is 15.7. The van der Waals surface area contributed by atoms with Crippen LogP contribution in [0.5, 0.6) is 0 Å². The van der Waals surface area contributed by atoms with Crippen LogP contribution in [-0.4, -0.2) is 36.6 Å². The average molecular weight is 499 g/mol. The molecule has 0 bridgehead atoms. The van der Waals surface area contributed by atoms with Crippen LogP contribution in [0.15, 0.2) is 0 Å². The zero-order valence-electron chi connectivity index (χ0n) is 25.5. The minimum Gasteiger partial charge on any atom is -0.462 e. The highest BCUT2D eigenvalue weighted by molar-refractivity contribution is 5.79. The highest BCUT2D eigenvalue weighted by Crippen LogP contribution is 2.31. The number of unbranched alkanes of at least 4 members (excludes halogenated alkanes) is 11. The van der Waals surface area contributed by atoms with E-state index in [1.807, 2.05) is 0 Å². The summed E-state index contributed by atoms with van der Waals surface area (Å²) in [4.78, 5) is 37.2. The molecule has 0 saturated carbocycles. The van der Waals surface area contributed by atoms with Crippen LogP contribution >= 0.6 is 0 Å². The normalized spacial score (nSPS) is 23.3. The number of hydrogen-bond acceptors (Lipinski definition) is 5. The molecule has 0 aliphatic carbocycles. The van der Waals surface area contributed by atoms with Crippen LogP contribution in [0.1, 0.15) is 141 Å². The smallest absolute Gasteiger partial charge is 0.328 e. The summed E-state index contributed by atoms with van der Waals surface area (Å²) in [5.74, 6) is -2.34. The molecular weight excluding hydrogens is 442 g/mol. The summed E-state index contributed by atoms with van der Waals surface area (Å²) < 4.78 is 34.4. The number of esters is 2. The van der Waals surface area contributed by atoms with Gasteiger partial charge in [-0.05, 0) is 31.6 Å². The quantitative estimate of drug-likeness (QED) is 0.106. The van der Waals surface area contributed by atoms with E-state index in [9.17, 15) is 14.4 Å². The molecule has 0 spiro atoms. The third-order valence-corrected chi connectivity index (χ3v) is 6.94. The summed E-state index contributed by atoms with van der Waals surface area (Å²) in [6.45, 7) is 3.62. The Morgan fingerprint density at radius 3 is 2.20 bits per heavy atom. The molecule has 1 N–H and O–H groups in total. The Kier molecular flexibility index (Phi) is 14.8. The molecule has 1 fully saturated rings. The van der Waals surface area contributed by atoms with Gasteiger partial charge >= 0.3 is 11.9 Å². The summed E-state index contributed by atoms with van der Waals surface area (Å²) in [5.41, 5.74) is 0. The standard InChI is InChI=1S/C29H53NO5/c1-5-7-9-11-12-13-14-15-16-18-24-21-27(25(28(32)34-24)19-17-10-8-6-2)35-29(33)26(30-22-31)20-23(3)4/h22-27H,5-21H2,1-4H3,(H,30,31)/i3D3. The van der Waals surface area contributed by atoms with Crippen molar-refractivity contribution in [3.63, 3.8) is 0 Å². The van der Waals surface area contributed by atoms with Gasteiger partial charge in [-0.25, -0.2) is 4.79 Å². The fourth-order valence-electron chi connectivity index (χ4n) is 4.86. The van der Waals surface area contributed by atoms with Crippen molar-refractivity contribution in [2.75, 3.05) is 0 Å². The summed E-state index contributed by atoms with van der Waals surface area (Å²) in [6.07, 6.45) is 16.1. The molecule has 1 heterocycles. The van der Waals surface area contributed by atoms with E-state index in [0.29, 0.717) is 19.3 Å². The Balaban J connectivity index is 2.72. The van der Waals surface area contributed by atoms with Crippen molar-refractivity contribution in [3.8, 4) is 0 Å². The van der Waals surface area contributed by atoms with Crippen molar-refractivity contribution in [1.82, 2.24) is 5.32 Å². The van der Waals surface area contributed by atoms with E-state index in [1.54, 1.807) is 0 Å². The first kappa shape index (κ1) is 26.5. The van der Waals surface area contributed by atoms with E-state index in [4.69, 9.17) is 13.6 Å². The van der Waals surface area contributed by atoms with E-state index in [-0.39, 0.29) is 18.5 Å². The van der Waals surface area contributed by atoms with Gasteiger partial charge in [0.1, 0.15) is 18.2 Å². The predicted octanol–water partition coefficient (Wildman–Crippen LogP) is 6.88. The topological polar surface area (TPSA) is 81.7 Å². The minimum absolute atomic E-state index is 0.0612. The van der Waals surface area contributed by atoms with Crippen molar-refractivity contribution in [2.24, 2.45) is 11.8 Å². The number of amides is 1. The van der Waals surface area contributed by atoms with Crippen LogP contribution in [0.3, 0.4) is 0 Å². The average Bonchev–Trinajstić information content (AvgIpc) is 2.85. The Hall–Kier alpha value is -1.59. The van der Waals surface area contributed by atoms with E-state index in [0.717, 1.165) is 44.9 Å². The molecule has 0 aromatic heterocycles. The van der Waals surface area contributed by atoms with Gasteiger partial charge in [0.2, 0.25) is 6.41 Å². The highest BCUT2D eigenvalue weighted by Gasteiger charge is 2.41. The van der Waals surface area contributed by atoms with Gasteiger partial charge in [0.25, 0.3) is 0 Å². The molecule has 6 nitrogen and oxygen atoms in total. The van der Waals surface area contributed by atoms with Crippen LogP contribution in [0.4, 0.5) is 0 Å². The summed E-state index contributed by atoms with van der Waals surface area (Å²) in [6, 6.07) is -1.07. The molecule has 6 heteroatoms. The molecule has 5 unspecified atom stereocenters. The van der Waals surface area contributed by atoms with Crippen molar-refractivity contribution in [2.45, 2.75) is 155 Å². The number of rotatable bonds is 21. The molecular formula is C29H53NO5. The number of nitrogens with one attached hydrogen (secondary N) is 1. The zero-order chi connectivity index (χ0) is 28.4. The SMILES string of the molecule is [2H]C([2H])([2H])C(C)CC(NC=O)C(=O)OC1CC(CCCCCCCCCCC)OC(=O)C1CCCCCC. The lowest BCUT2D eigenvalue weighted by Crippen LogP contribution is -2.47. The molecule has 1 saturated heterocycles. The lowest BCUT2D eigenvalue weighted by Gasteiger charge is -2.35. The van der Waals surface area contributed by atoms with Crippen LogP contribution in [0.25, 0.3) is 0 Å². The van der Waals surface area contributed by atoms with Crippen molar-refractivity contribution in [1.29, 1.82) is 0 Å². The fraction of sp³-hybridized carbons (Fsp3) is 0.897. The number of carbonyl (C=O) groups is 3. The molecule has 5 atom stereocenters. The Morgan fingerprint density at radius 1 is 1.03 bits per heavy atom. The first-order chi connectivity index (χ1) is 18.1. The maximum atomic E-state index is 13.0. The highest BCUT2D eigenvalue weighted by atomic mass is 16.6. The maximum Gasteiger partial charge on any atom is 0.328 e. The van der Waals surface area contributed by atoms with Crippen LogP contribution in [0.2, 0.25) is 0 Å². The van der Waals surface area contributed by atoms with Gasteiger partial charge in [-0.2, -0.15) is 0 Å². The van der Waals surface area contributed by atoms with Gasteiger partial charge in [0.15, 0.2) is 0 Å². The van der Waals surface area contributed by atoms with Crippen molar-refractivity contribution in [3.05, 3.63) is 0 Å². The van der Waals surface area contributed by atoms with Crippen molar-refractivity contribution >= 4 is 18.3 Å². The second-order valence-electron chi connectivity index (χ2n) is 10.3. The second kappa shape index (κ2) is 19.6. The van der Waals surface area contributed by atoms with Gasteiger partial charge < -0.3 is 14.8 Å². The fourth-order valence-corrected chi connectivity index (χ4v) is 4.86. The summed E-state index contributed by atoms with van der Waals surface area (Å²) in [5, 5.41) is 2.42. The van der Waals surface area contributed by atoms with Gasteiger partial charge in [0, 0.05) is 10.5 Å². The third kappa shape index (κ3) is 13.9. The maximum absolute atomic E-state index is 13.0. The van der Waals surface area contributed by atoms with Gasteiger partial charge in [-0.3, -0.25) is 9.59 Å². The molecule has 204 valence electrons. The first-order valence-corrected chi connectivity index (χ1v) is 14.2. The molecule has 1 aliphatic heterocycles. The lowest BCUT2D eigenvalue weighted by molar-refractivity contribution is -0.181. The minimum atomic E-state index is -2.25. The number of carbonyl (C=O) groups excluding carboxylic acids is 3. The second-order valence-corrected chi connectivity index (χ2v) is 10.3. The Labute approximate surface area is 218 Å². The van der Waals surface area contributed by atoms with Crippen LogP contribution in [0, 0.1) is 11.8 Å². The lowest BCUT2D eigenvalue weighted by atomic mass is 9.87. The van der Waals surface area contributed by atoms with E-state index >= 15 is 0 Å². The van der Waals surface area contributed by atoms with E-state index in [2.05, 4.69) is 19.2 Å². The van der Waals surface area contributed by atoms with Gasteiger partial charge in [-0.15, -0.1) is 0 Å². The zero-order valence-corrected chi connectivity index (χ0v) is 22.5. The predicted molar refractivity (Wildman–Crippen MR) is 141 cm³/mol. The summed E-state index contributed by atoms with van der Waals surface area (Å²) >= 11 is 0. The third-order valence-electron chi connectivity index (χ3n) is 6.94. The number of cyclic esters (lactones) is 1. The molecule has 0 aromatic carbocycles. The number of hydrogen-bond donors (Lipinski definition) is 1. The van der Waals surface area contributed by atoms with Crippen LogP contribution < -0.4 is 5.32 Å². The molecule has 1 aliphatic rings. The van der Waals surface area contributed by atoms with E-state index in [1.165, 1.54) is 51.9 Å². The molecule has 0 aromatic rings.